The SMILES string of the molecule is C#Cc1c(F)ccc2cc(O)cc(-c3cc4c5c(c(C#N)c(NCCC(=O)N(C)C)nc5c3F)N3CC5CC(N5)C3CO4)c12. The third-order valence-corrected chi connectivity index (χ3v) is 8.83. The number of carbonyl (C=O) groups excluding carboxylic acids is 1. The Labute approximate surface area is 252 Å². The molecule has 9 nitrogen and oxygen atoms in total. The van der Waals surface area contributed by atoms with E-state index in [1.165, 1.54) is 35.2 Å². The number of nitriles is 1. The van der Waals surface area contributed by atoms with Gasteiger partial charge in [-0.1, -0.05) is 12.0 Å². The first-order valence-corrected chi connectivity index (χ1v) is 14.3. The maximum Gasteiger partial charge on any atom is 0.223 e. The molecule has 3 saturated heterocycles. The summed E-state index contributed by atoms with van der Waals surface area (Å²) in [4.78, 5) is 20.5. The number of carbonyl (C=O) groups is 1. The van der Waals surface area contributed by atoms with Gasteiger partial charge in [0, 0.05) is 56.6 Å². The van der Waals surface area contributed by atoms with Crippen LogP contribution >= 0.6 is 0 Å². The number of nitrogens with one attached hydrogen (secondary N) is 2. The van der Waals surface area contributed by atoms with Gasteiger partial charge in [-0.25, -0.2) is 13.8 Å². The number of ether oxygens (including phenoxy) is 1. The predicted octanol–water partition coefficient (Wildman–Crippen LogP) is 4.09. The van der Waals surface area contributed by atoms with Gasteiger partial charge < -0.3 is 30.3 Å². The summed E-state index contributed by atoms with van der Waals surface area (Å²) in [7, 11) is 3.31. The molecule has 4 aliphatic rings. The summed E-state index contributed by atoms with van der Waals surface area (Å²) in [6.07, 6.45) is 6.80. The van der Waals surface area contributed by atoms with Crippen molar-refractivity contribution < 1.29 is 23.4 Å². The molecular formula is C33H28F2N6O3. The van der Waals surface area contributed by atoms with Crippen LogP contribution in [0.1, 0.15) is 24.0 Å². The highest BCUT2D eigenvalue weighted by Gasteiger charge is 2.47. The van der Waals surface area contributed by atoms with E-state index in [9.17, 15) is 19.6 Å². The summed E-state index contributed by atoms with van der Waals surface area (Å²) in [5.41, 5.74) is 0.823. The van der Waals surface area contributed by atoms with Crippen molar-refractivity contribution in [3.05, 3.63) is 53.1 Å². The number of benzene rings is 3. The van der Waals surface area contributed by atoms with E-state index in [1.807, 2.05) is 0 Å². The molecule has 44 heavy (non-hydrogen) atoms. The smallest absolute Gasteiger partial charge is 0.223 e. The fraction of sp³-hybridized carbons (Fsp3) is 0.303. The number of hydrogen-bond donors (Lipinski definition) is 3. The molecule has 0 radical (unpaired) electrons. The third kappa shape index (κ3) is 4.15. The molecule has 2 bridgehead atoms. The molecule has 8 rings (SSSR count). The van der Waals surface area contributed by atoms with E-state index in [1.54, 1.807) is 14.1 Å². The second-order valence-corrected chi connectivity index (χ2v) is 11.6. The number of fused-ring (bicyclic) bond motifs is 1. The molecule has 3 aromatic carbocycles. The van der Waals surface area contributed by atoms with Crippen molar-refractivity contribution in [2.24, 2.45) is 0 Å². The van der Waals surface area contributed by atoms with Crippen LogP contribution in [0, 0.1) is 35.3 Å². The summed E-state index contributed by atoms with van der Waals surface area (Å²) < 4.78 is 38.2. The van der Waals surface area contributed by atoms with Gasteiger partial charge in [-0.15, -0.1) is 6.42 Å². The van der Waals surface area contributed by atoms with E-state index in [2.05, 4.69) is 32.5 Å². The lowest BCUT2D eigenvalue weighted by Gasteiger charge is -2.54. The van der Waals surface area contributed by atoms with Crippen LogP contribution < -0.4 is 20.3 Å². The van der Waals surface area contributed by atoms with Crippen molar-refractivity contribution in [1.82, 2.24) is 15.2 Å². The quantitative estimate of drug-likeness (QED) is 0.296. The molecule has 5 heterocycles. The second-order valence-electron chi connectivity index (χ2n) is 11.6. The normalized spacial score (nSPS) is 19.7. The number of halogens is 2. The number of aromatic nitrogens is 1. The van der Waals surface area contributed by atoms with Gasteiger partial charge >= 0.3 is 0 Å². The van der Waals surface area contributed by atoms with E-state index in [0.717, 1.165) is 6.42 Å². The van der Waals surface area contributed by atoms with Crippen molar-refractivity contribution >= 4 is 39.1 Å². The highest BCUT2D eigenvalue weighted by Crippen LogP contribution is 2.49. The van der Waals surface area contributed by atoms with E-state index in [0.29, 0.717) is 28.8 Å². The maximum atomic E-state index is 16.9. The number of nitrogens with zero attached hydrogens (tertiary/aromatic N) is 4. The van der Waals surface area contributed by atoms with E-state index in [4.69, 9.17) is 11.2 Å². The van der Waals surface area contributed by atoms with E-state index in [-0.39, 0.29) is 88.3 Å². The van der Waals surface area contributed by atoms with E-state index < -0.39 is 11.6 Å². The number of amides is 1. The zero-order valence-electron chi connectivity index (χ0n) is 24.0. The average Bonchev–Trinajstić information content (AvgIpc) is 3.16. The number of phenolic OH excluding ortho intramolecular Hbond substituents is 1. The number of terminal acetylenes is 1. The Hall–Kier alpha value is -5.13. The van der Waals surface area contributed by atoms with Crippen LogP contribution in [0.2, 0.25) is 0 Å². The van der Waals surface area contributed by atoms with Crippen LogP contribution in [-0.4, -0.2) is 72.8 Å². The molecule has 3 unspecified atom stereocenters. The zero-order valence-corrected chi connectivity index (χ0v) is 24.0. The van der Waals surface area contributed by atoms with Gasteiger partial charge in [0.2, 0.25) is 5.91 Å². The van der Waals surface area contributed by atoms with Crippen LogP contribution in [-0.2, 0) is 4.79 Å². The predicted molar refractivity (Wildman–Crippen MR) is 163 cm³/mol. The Morgan fingerprint density at radius 3 is 2.77 bits per heavy atom. The van der Waals surface area contributed by atoms with Gasteiger partial charge in [-0.3, -0.25) is 4.79 Å². The van der Waals surface area contributed by atoms with Crippen molar-refractivity contribution in [3.63, 3.8) is 0 Å². The number of pyridine rings is 1. The lowest BCUT2D eigenvalue weighted by atomic mass is 9.84. The van der Waals surface area contributed by atoms with Gasteiger partial charge in [-0.05, 0) is 41.6 Å². The maximum absolute atomic E-state index is 16.9. The van der Waals surface area contributed by atoms with Gasteiger partial charge in [-0.2, -0.15) is 5.26 Å². The first kappa shape index (κ1) is 27.7. The lowest BCUT2D eigenvalue weighted by molar-refractivity contribution is -0.128. The number of rotatable bonds is 5. The van der Waals surface area contributed by atoms with Gasteiger partial charge in [0.05, 0.1) is 22.7 Å². The molecule has 1 amide bonds. The molecule has 1 aromatic heterocycles. The molecule has 4 aromatic rings. The standard InChI is InChI=1S/C33H28F2N6O3/c1-4-19-23(34)6-5-16-9-18(42)11-20(28(16)19)21-12-26-29-31(30(21)35)39-33(37-8-7-27(43)40(2)3)22(13-36)32(29)41-14-17-10-24(38-17)25(41)15-44-26/h1,5-6,9,11-12,17,24-25,38,42H,7-8,10,14-15H2,2-3H3,(H,37,39). The van der Waals surface area contributed by atoms with Crippen molar-refractivity contribution in [2.75, 3.05) is 44.0 Å². The molecular weight excluding hydrogens is 566 g/mol. The van der Waals surface area contributed by atoms with Crippen LogP contribution in [0.4, 0.5) is 20.3 Å². The molecule has 0 spiro atoms. The third-order valence-electron chi connectivity index (χ3n) is 8.83. The minimum atomic E-state index is -0.747. The highest BCUT2D eigenvalue weighted by molar-refractivity contribution is 6.08. The monoisotopic (exact) mass is 594 g/mol. The highest BCUT2D eigenvalue weighted by atomic mass is 19.1. The lowest BCUT2D eigenvalue weighted by Crippen LogP contribution is -2.73. The van der Waals surface area contributed by atoms with Crippen molar-refractivity contribution in [1.29, 1.82) is 5.26 Å². The summed E-state index contributed by atoms with van der Waals surface area (Å²) in [6, 6.07) is 9.49. The number of phenols is 1. The second kappa shape index (κ2) is 10.2. The Kier molecular flexibility index (Phi) is 6.45. The van der Waals surface area contributed by atoms with Crippen molar-refractivity contribution in [2.45, 2.75) is 31.0 Å². The summed E-state index contributed by atoms with van der Waals surface area (Å²) in [5, 5.41) is 28.7. The van der Waals surface area contributed by atoms with Crippen LogP contribution in [0.15, 0.2) is 30.3 Å². The number of piperazine rings is 1. The Balaban J connectivity index is 1.50. The van der Waals surface area contributed by atoms with Crippen LogP contribution in [0.3, 0.4) is 0 Å². The molecule has 3 atom stereocenters. The molecule has 0 aliphatic carbocycles. The van der Waals surface area contributed by atoms with Crippen LogP contribution in [0.25, 0.3) is 32.8 Å². The summed E-state index contributed by atoms with van der Waals surface area (Å²) in [6.45, 7) is 1.05. The molecule has 4 aliphatic heterocycles. The first-order chi connectivity index (χ1) is 21.2. The number of anilines is 2. The summed E-state index contributed by atoms with van der Waals surface area (Å²) in [5.74, 6) is 1.16. The Morgan fingerprint density at radius 2 is 2.05 bits per heavy atom. The van der Waals surface area contributed by atoms with Crippen LogP contribution in [0.5, 0.6) is 11.5 Å². The van der Waals surface area contributed by atoms with E-state index >= 15 is 4.39 Å². The largest absolute Gasteiger partial charge is 0.508 e. The van der Waals surface area contributed by atoms with Crippen molar-refractivity contribution in [3.8, 4) is 41.0 Å². The van der Waals surface area contributed by atoms with Gasteiger partial charge in [0.25, 0.3) is 0 Å². The number of hydrogen-bond acceptors (Lipinski definition) is 8. The molecule has 11 heteroatoms. The van der Waals surface area contributed by atoms with Gasteiger partial charge in [0.15, 0.2) is 5.82 Å². The number of piperidine rings is 1. The Bertz CT molecular complexity index is 1980. The minimum Gasteiger partial charge on any atom is -0.508 e. The number of aromatic hydroxyl groups is 1. The Morgan fingerprint density at radius 1 is 1.25 bits per heavy atom. The fourth-order valence-corrected chi connectivity index (χ4v) is 6.69. The van der Waals surface area contributed by atoms with Gasteiger partial charge in [0.1, 0.15) is 46.9 Å². The first-order valence-electron chi connectivity index (χ1n) is 14.3. The topological polar surface area (TPSA) is 114 Å². The average molecular weight is 595 g/mol. The zero-order chi connectivity index (χ0) is 30.9. The molecule has 3 fully saturated rings. The molecule has 3 N–H and O–H groups in total. The minimum absolute atomic E-state index is 0.00897. The summed E-state index contributed by atoms with van der Waals surface area (Å²) >= 11 is 0. The molecule has 222 valence electrons. The molecule has 0 saturated carbocycles. The fourth-order valence-electron chi connectivity index (χ4n) is 6.69.